The van der Waals surface area contributed by atoms with E-state index >= 15 is 0 Å². The Morgan fingerprint density at radius 3 is 2.84 bits per heavy atom. The molecule has 0 aliphatic heterocycles. The number of nitrogens with zero attached hydrogens (tertiary/aromatic N) is 2. The van der Waals surface area contributed by atoms with Crippen molar-refractivity contribution < 1.29 is 14.0 Å². The van der Waals surface area contributed by atoms with E-state index < -0.39 is 11.8 Å². The number of aromatic nitrogens is 2. The van der Waals surface area contributed by atoms with E-state index in [1.165, 1.54) is 23.1 Å². The predicted molar refractivity (Wildman–Crippen MR) is 66.0 cm³/mol. The van der Waals surface area contributed by atoms with E-state index in [0.717, 1.165) is 0 Å². The highest BCUT2D eigenvalue weighted by molar-refractivity contribution is 6.02. The molecule has 0 atom stereocenters. The summed E-state index contributed by atoms with van der Waals surface area (Å²) in [6, 6.07) is 3.16. The molecule has 0 unspecified atom stereocenters. The van der Waals surface area contributed by atoms with Crippen molar-refractivity contribution in [2.75, 3.05) is 5.32 Å². The van der Waals surface area contributed by atoms with Gasteiger partial charge in [-0.2, -0.15) is 5.10 Å². The van der Waals surface area contributed by atoms with Crippen molar-refractivity contribution in [3.05, 3.63) is 36.0 Å². The molecular weight excluding hydrogens is 250 g/mol. The Labute approximate surface area is 108 Å². The number of rotatable bonds is 5. The first-order chi connectivity index (χ1) is 9.08. The van der Waals surface area contributed by atoms with Gasteiger partial charge in [0.2, 0.25) is 5.91 Å². The summed E-state index contributed by atoms with van der Waals surface area (Å²) < 4.78 is 6.52. The fourth-order valence-corrected chi connectivity index (χ4v) is 1.48. The molecule has 2 aromatic rings. The highest BCUT2D eigenvalue weighted by Crippen LogP contribution is 2.11. The van der Waals surface area contributed by atoms with Crippen molar-refractivity contribution in [3.8, 4) is 0 Å². The molecule has 0 saturated heterocycles. The van der Waals surface area contributed by atoms with Gasteiger partial charge in [0.25, 0.3) is 5.91 Å². The summed E-state index contributed by atoms with van der Waals surface area (Å²) in [6.45, 7) is 0.178. The minimum Gasteiger partial charge on any atom is -0.455 e. The number of furan rings is 1. The Kier molecular flexibility index (Phi) is 3.62. The van der Waals surface area contributed by atoms with Crippen LogP contribution >= 0.6 is 0 Å². The van der Waals surface area contributed by atoms with E-state index in [0.29, 0.717) is 11.4 Å². The Hall–Kier alpha value is -2.61. The smallest absolute Gasteiger partial charge is 0.291 e. The zero-order chi connectivity index (χ0) is 13.8. The largest absolute Gasteiger partial charge is 0.455 e. The molecule has 2 aromatic heterocycles. The molecule has 8 nitrogen and oxygen atoms in total. The van der Waals surface area contributed by atoms with E-state index in [9.17, 15) is 9.59 Å². The van der Waals surface area contributed by atoms with Gasteiger partial charge >= 0.3 is 0 Å². The Morgan fingerprint density at radius 2 is 2.21 bits per heavy atom. The Bertz CT molecular complexity index is 601. The van der Waals surface area contributed by atoms with E-state index in [1.807, 2.05) is 0 Å². The molecular formula is C11H13N5O3. The SMILES string of the molecule is NCc1ccc(C(=O)Nc2cnn(CC(N)=O)c2)o1. The summed E-state index contributed by atoms with van der Waals surface area (Å²) in [7, 11) is 0. The molecule has 5 N–H and O–H groups in total. The molecule has 0 radical (unpaired) electrons. The summed E-state index contributed by atoms with van der Waals surface area (Å²) in [6.07, 6.45) is 2.91. The van der Waals surface area contributed by atoms with Crippen LogP contribution in [-0.2, 0) is 17.9 Å². The molecule has 0 saturated carbocycles. The lowest BCUT2D eigenvalue weighted by molar-refractivity contribution is -0.118. The molecule has 0 fully saturated rings. The van der Waals surface area contributed by atoms with Crippen LogP contribution in [-0.4, -0.2) is 21.6 Å². The van der Waals surface area contributed by atoms with Gasteiger partial charge in [-0.1, -0.05) is 0 Å². The van der Waals surface area contributed by atoms with Crippen molar-refractivity contribution in [1.29, 1.82) is 0 Å². The monoisotopic (exact) mass is 263 g/mol. The fraction of sp³-hybridized carbons (Fsp3) is 0.182. The maximum Gasteiger partial charge on any atom is 0.291 e. The average molecular weight is 263 g/mol. The first-order valence-electron chi connectivity index (χ1n) is 5.49. The molecule has 0 bridgehead atoms. The van der Waals surface area contributed by atoms with Crippen LogP contribution in [0.4, 0.5) is 5.69 Å². The number of primary amides is 1. The Balaban J connectivity index is 2.02. The van der Waals surface area contributed by atoms with Crippen molar-refractivity contribution >= 4 is 17.5 Å². The van der Waals surface area contributed by atoms with Crippen LogP contribution in [0.3, 0.4) is 0 Å². The second-order valence-corrected chi connectivity index (χ2v) is 3.82. The van der Waals surface area contributed by atoms with Crippen molar-refractivity contribution in [2.45, 2.75) is 13.1 Å². The van der Waals surface area contributed by atoms with Gasteiger partial charge < -0.3 is 21.2 Å². The lowest BCUT2D eigenvalue weighted by Crippen LogP contribution is -2.18. The first-order valence-corrected chi connectivity index (χ1v) is 5.49. The van der Waals surface area contributed by atoms with Crippen LogP contribution in [0.1, 0.15) is 16.3 Å². The number of carbonyl (C=O) groups is 2. The third kappa shape index (κ3) is 3.19. The molecule has 0 spiro atoms. The van der Waals surface area contributed by atoms with Gasteiger partial charge in [0.05, 0.1) is 18.4 Å². The standard InChI is InChI=1S/C11H13N5O3/c12-3-8-1-2-9(19-8)11(18)15-7-4-14-16(5-7)6-10(13)17/h1-2,4-5H,3,6,12H2,(H2,13,17)(H,15,18). The van der Waals surface area contributed by atoms with Gasteiger partial charge in [-0.05, 0) is 12.1 Å². The molecule has 0 aliphatic carbocycles. The van der Waals surface area contributed by atoms with Gasteiger partial charge in [-0.15, -0.1) is 0 Å². The van der Waals surface area contributed by atoms with Gasteiger partial charge in [-0.25, -0.2) is 0 Å². The van der Waals surface area contributed by atoms with Crippen LogP contribution in [0, 0.1) is 0 Å². The zero-order valence-electron chi connectivity index (χ0n) is 10.00. The summed E-state index contributed by atoms with van der Waals surface area (Å²) in [4.78, 5) is 22.5. The summed E-state index contributed by atoms with van der Waals surface area (Å²) >= 11 is 0. The number of nitrogens with one attached hydrogen (secondary N) is 1. The number of hydrogen-bond acceptors (Lipinski definition) is 5. The van der Waals surface area contributed by atoms with Gasteiger partial charge in [0.15, 0.2) is 5.76 Å². The maximum absolute atomic E-state index is 11.8. The van der Waals surface area contributed by atoms with Crippen molar-refractivity contribution in [3.63, 3.8) is 0 Å². The molecule has 2 heterocycles. The topological polar surface area (TPSA) is 129 Å². The zero-order valence-corrected chi connectivity index (χ0v) is 10.00. The third-order valence-electron chi connectivity index (χ3n) is 2.30. The minimum absolute atomic E-state index is 0.0477. The van der Waals surface area contributed by atoms with Gasteiger partial charge in [-0.3, -0.25) is 14.3 Å². The number of anilines is 1. The van der Waals surface area contributed by atoms with E-state index in [4.69, 9.17) is 15.9 Å². The number of amides is 2. The predicted octanol–water partition coefficient (Wildman–Crippen LogP) is -0.328. The minimum atomic E-state index is -0.514. The number of carbonyl (C=O) groups excluding carboxylic acids is 2. The highest BCUT2D eigenvalue weighted by Gasteiger charge is 2.12. The van der Waals surface area contributed by atoms with Crippen LogP contribution in [0.2, 0.25) is 0 Å². The molecule has 0 aromatic carbocycles. The van der Waals surface area contributed by atoms with Crippen molar-refractivity contribution in [2.24, 2.45) is 11.5 Å². The normalized spacial score (nSPS) is 10.4. The molecule has 2 amide bonds. The lowest BCUT2D eigenvalue weighted by Gasteiger charge is -1.99. The van der Waals surface area contributed by atoms with Crippen LogP contribution in [0.5, 0.6) is 0 Å². The molecule has 0 aliphatic rings. The van der Waals surface area contributed by atoms with E-state index in [-0.39, 0.29) is 18.8 Å². The number of nitrogens with two attached hydrogens (primary N) is 2. The van der Waals surface area contributed by atoms with E-state index in [2.05, 4.69) is 10.4 Å². The molecule has 8 heteroatoms. The second kappa shape index (κ2) is 5.36. The fourth-order valence-electron chi connectivity index (χ4n) is 1.48. The van der Waals surface area contributed by atoms with Crippen LogP contribution in [0.25, 0.3) is 0 Å². The third-order valence-corrected chi connectivity index (χ3v) is 2.30. The average Bonchev–Trinajstić information content (AvgIpc) is 2.97. The second-order valence-electron chi connectivity index (χ2n) is 3.82. The molecule has 100 valence electrons. The first kappa shape index (κ1) is 12.8. The molecule has 19 heavy (non-hydrogen) atoms. The van der Waals surface area contributed by atoms with Gasteiger partial charge in [0, 0.05) is 6.20 Å². The maximum atomic E-state index is 11.8. The number of hydrogen-bond donors (Lipinski definition) is 3. The Morgan fingerprint density at radius 1 is 1.42 bits per heavy atom. The van der Waals surface area contributed by atoms with Crippen LogP contribution in [0.15, 0.2) is 28.9 Å². The lowest BCUT2D eigenvalue weighted by atomic mass is 10.4. The van der Waals surface area contributed by atoms with Crippen LogP contribution < -0.4 is 16.8 Å². The summed E-state index contributed by atoms with van der Waals surface area (Å²) in [5.74, 6) is -0.254. The van der Waals surface area contributed by atoms with Gasteiger partial charge in [0.1, 0.15) is 12.3 Å². The van der Waals surface area contributed by atoms with Crippen molar-refractivity contribution in [1.82, 2.24) is 9.78 Å². The van der Waals surface area contributed by atoms with E-state index in [1.54, 1.807) is 6.07 Å². The molecule has 2 rings (SSSR count). The summed E-state index contributed by atoms with van der Waals surface area (Å²) in [5.41, 5.74) is 10.9. The highest BCUT2D eigenvalue weighted by atomic mass is 16.4. The quantitative estimate of drug-likeness (QED) is 0.680. The summed E-state index contributed by atoms with van der Waals surface area (Å²) in [5, 5.41) is 6.46.